The molecule has 10 nitrogen and oxygen atoms in total. The van der Waals surface area contributed by atoms with Crippen LogP contribution in [0.5, 0.6) is 0 Å². The summed E-state index contributed by atoms with van der Waals surface area (Å²) in [4.78, 5) is 33.2. The van der Waals surface area contributed by atoms with E-state index in [-0.39, 0.29) is 30.5 Å². The van der Waals surface area contributed by atoms with Gasteiger partial charge in [0.05, 0.1) is 5.39 Å². The molecule has 2 aromatic heterocycles. The predicted octanol–water partition coefficient (Wildman–Crippen LogP) is 4.80. The second-order valence-electron chi connectivity index (χ2n) is 8.93. The summed E-state index contributed by atoms with van der Waals surface area (Å²) in [6.07, 6.45) is 8.03. The number of benzene rings is 1. The zero-order chi connectivity index (χ0) is 27.1. The maximum atomic E-state index is 12.6. The van der Waals surface area contributed by atoms with Gasteiger partial charge in [0, 0.05) is 19.0 Å². The zero-order valence-electron chi connectivity index (χ0n) is 21.0. The number of nitrogen functional groups attached to an aromatic ring is 1. The predicted molar refractivity (Wildman–Crippen MR) is 140 cm³/mol. The Bertz CT molecular complexity index is 1320. The van der Waals surface area contributed by atoms with Crippen molar-refractivity contribution >= 4 is 40.6 Å². The normalized spacial score (nSPS) is 20.7. The number of hydrogen-bond donors (Lipinski definition) is 1. The molecule has 1 saturated heterocycles. The van der Waals surface area contributed by atoms with Gasteiger partial charge in [0.15, 0.2) is 0 Å². The minimum absolute atomic E-state index is 0.0271. The Morgan fingerprint density at radius 2 is 2.03 bits per heavy atom. The smallest absolute Gasteiger partial charge is 0.458 e. The van der Waals surface area contributed by atoms with Gasteiger partial charge < -0.3 is 29.2 Å². The van der Waals surface area contributed by atoms with Gasteiger partial charge in [-0.3, -0.25) is 4.79 Å². The first-order chi connectivity index (χ1) is 18.3. The molecule has 3 aromatic rings. The molecule has 0 unspecified atom stereocenters. The van der Waals surface area contributed by atoms with E-state index in [1.54, 1.807) is 16.8 Å². The van der Waals surface area contributed by atoms with Crippen LogP contribution in [0.4, 0.5) is 10.6 Å². The first-order valence-electron chi connectivity index (χ1n) is 12.3. The fraction of sp³-hybridized carbons (Fsp3) is 0.407. The van der Waals surface area contributed by atoms with Gasteiger partial charge >= 0.3 is 12.1 Å². The maximum absolute atomic E-state index is 12.6. The minimum atomic E-state index is -1.56. The van der Waals surface area contributed by atoms with Gasteiger partial charge in [-0.2, -0.15) is 4.98 Å². The second kappa shape index (κ2) is 12.2. The second-order valence-corrected chi connectivity index (χ2v) is 9.27. The molecule has 0 amide bonds. The number of carbonyl (C=O) groups excluding carboxylic acids is 2. The highest BCUT2D eigenvalue weighted by Crippen LogP contribution is 2.41. The van der Waals surface area contributed by atoms with Crippen molar-refractivity contribution in [3.63, 3.8) is 0 Å². The van der Waals surface area contributed by atoms with Crippen LogP contribution in [0, 0.1) is 12.3 Å². The number of aromatic nitrogens is 3. The van der Waals surface area contributed by atoms with E-state index >= 15 is 0 Å². The molecule has 1 aromatic carbocycles. The summed E-state index contributed by atoms with van der Waals surface area (Å²) in [6, 6.07) is 10.9. The van der Waals surface area contributed by atoms with E-state index in [2.05, 4.69) is 15.9 Å². The number of halogens is 1. The molecule has 0 aliphatic carbocycles. The molecule has 0 radical (unpaired) electrons. The molecule has 200 valence electrons. The van der Waals surface area contributed by atoms with Gasteiger partial charge in [0.25, 0.3) is 0 Å². The van der Waals surface area contributed by atoms with Gasteiger partial charge in [-0.15, -0.1) is 6.42 Å². The average Bonchev–Trinajstić information content (AvgIpc) is 3.49. The summed E-state index contributed by atoms with van der Waals surface area (Å²) in [5, 5.41) is 0.546. The van der Waals surface area contributed by atoms with Crippen molar-refractivity contribution in [3.8, 4) is 12.3 Å². The van der Waals surface area contributed by atoms with Crippen LogP contribution in [-0.2, 0) is 30.3 Å². The molecule has 0 saturated carbocycles. The summed E-state index contributed by atoms with van der Waals surface area (Å²) >= 11 is 6.03. The maximum Gasteiger partial charge on any atom is 0.508 e. The Labute approximate surface area is 225 Å². The first-order valence-corrected chi connectivity index (χ1v) is 12.7. The summed E-state index contributed by atoms with van der Waals surface area (Å²) in [6.45, 7) is 1.68. The monoisotopic (exact) mass is 540 g/mol. The highest BCUT2D eigenvalue weighted by molar-refractivity contribution is 6.28. The number of fused-ring (bicyclic) bond motifs is 1. The van der Waals surface area contributed by atoms with Crippen molar-refractivity contribution < 1.29 is 28.5 Å². The van der Waals surface area contributed by atoms with Crippen molar-refractivity contribution in [2.24, 2.45) is 0 Å². The van der Waals surface area contributed by atoms with E-state index in [9.17, 15) is 9.59 Å². The third-order valence-electron chi connectivity index (χ3n) is 6.27. The van der Waals surface area contributed by atoms with Crippen LogP contribution < -0.4 is 5.73 Å². The lowest BCUT2D eigenvalue weighted by Gasteiger charge is -2.28. The van der Waals surface area contributed by atoms with Gasteiger partial charge in [0.2, 0.25) is 10.9 Å². The highest BCUT2D eigenvalue weighted by atomic mass is 35.5. The van der Waals surface area contributed by atoms with Gasteiger partial charge in [-0.05, 0) is 29.7 Å². The molecule has 3 atom stereocenters. The van der Waals surface area contributed by atoms with Gasteiger partial charge in [-0.1, -0.05) is 56.0 Å². The fourth-order valence-electron chi connectivity index (χ4n) is 4.27. The molecular formula is C27H29ClN4O6. The molecule has 2 N–H and O–H groups in total. The molecule has 11 heteroatoms. The molecule has 0 spiro atoms. The highest BCUT2D eigenvalue weighted by Gasteiger charge is 2.52. The van der Waals surface area contributed by atoms with E-state index in [4.69, 9.17) is 42.7 Å². The number of carbonyl (C=O) groups is 2. The zero-order valence-corrected chi connectivity index (χ0v) is 21.7. The lowest BCUT2D eigenvalue weighted by Crippen LogP contribution is -2.45. The largest absolute Gasteiger partial charge is 0.508 e. The number of unbranched alkanes of at least 4 members (excludes halogenated alkanes) is 2. The van der Waals surface area contributed by atoms with Gasteiger partial charge in [-0.25, -0.2) is 9.78 Å². The number of esters is 1. The third-order valence-corrected chi connectivity index (χ3v) is 6.44. The Kier molecular flexibility index (Phi) is 8.71. The lowest BCUT2D eigenvalue weighted by molar-refractivity contribution is -0.159. The van der Waals surface area contributed by atoms with Crippen molar-refractivity contribution in [3.05, 3.63) is 53.4 Å². The molecule has 3 heterocycles. The van der Waals surface area contributed by atoms with Gasteiger partial charge in [0.1, 0.15) is 37.0 Å². The number of nitrogens with zero attached hydrogens (tertiary/aromatic N) is 3. The van der Waals surface area contributed by atoms with Crippen LogP contribution >= 0.6 is 11.6 Å². The van der Waals surface area contributed by atoms with Crippen molar-refractivity contribution in [2.45, 2.75) is 63.6 Å². The Morgan fingerprint density at radius 3 is 2.76 bits per heavy atom. The summed E-state index contributed by atoms with van der Waals surface area (Å²) in [7, 11) is 0. The number of rotatable bonds is 10. The molecule has 38 heavy (non-hydrogen) atoms. The average molecular weight is 541 g/mol. The summed E-state index contributed by atoms with van der Waals surface area (Å²) < 4.78 is 24.3. The SMILES string of the molecule is C#C[C@]1(COC(=O)OCc2ccccc2)O[C@@H](n2ccc3c(N)nc(Cl)nc32)C[C@@H]1OC(=O)CCCCC. The van der Waals surface area contributed by atoms with Crippen LogP contribution in [0.25, 0.3) is 11.0 Å². The van der Waals surface area contributed by atoms with Crippen LogP contribution in [-0.4, -0.2) is 45.0 Å². The lowest BCUT2D eigenvalue weighted by atomic mass is 9.98. The third kappa shape index (κ3) is 6.18. The topological polar surface area (TPSA) is 128 Å². The number of terminal acetylenes is 1. The van der Waals surface area contributed by atoms with E-state index < -0.39 is 36.7 Å². The molecule has 0 bridgehead atoms. The first kappa shape index (κ1) is 27.2. The van der Waals surface area contributed by atoms with Crippen molar-refractivity contribution in [1.29, 1.82) is 0 Å². The Morgan fingerprint density at radius 1 is 1.24 bits per heavy atom. The number of nitrogens with two attached hydrogens (primary N) is 1. The number of hydrogen-bond acceptors (Lipinski definition) is 9. The van der Waals surface area contributed by atoms with Crippen LogP contribution in [0.15, 0.2) is 42.6 Å². The Balaban J connectivity index is 1.52. The van der Waals surface area contributed by atoms with Crippen molar-refractivity contribution in [2.75, 3.05) is 12.3 Å². The van der Waals surface area contributed by atoms with Crippen LogP contribution in [0.3, 0.4) is 0 Å². The minimum Gasteiger partial charge on any atom is -0.458 e. The van der Waals surface area contributed by atoms with Crippen molar-refractivity contribution in [1.82, 2.24) is 14.5 Å². The summed E-state index contributed by atoms with van der Waals surface area (Å²) in [5.41, 5.74) is 5.65. The molecule has 4 rings (SSSR count). The van der Waals surface area contributed by atoms with E-state index in [1.807, 2.05) is 37.3 Å². The number of ether oxygens (including phenoxy) is 4. The molecule has 1 aliphatic rings. The number of anilines is 1. The van der Waals surface area contributed by atoms with E-state index in [0.29, 0.717) is 17.5 Å². The van der Waals surface area contributed by atoms with Crippen LogP contribution in [0.2, 0.25) is 5.28 Å². The Hall–Kier alpha value is -3.81. The standard InChI is InChI=1S/C27H29ClN4O6/c1-3-5-7-12-22(33)37-20-15-21(32-14-13-19-23(29)30-25(28)31-24(19)32)38-27(20,4-2)17-36-26(34)35-16-18-10-8-6-9-11-18/h2,6,8-11,13-14,20-21H,3,5,7,12,15-17H2,1H3,(H2,29,30,31)/t20-,21+,27+/m0/s1. The van der Waals surface area contributed by atoms with E-state index in [1.165, 1.54) is 0 Å². The molecule has 1 aliphatic heterocycles. The molecular weight excluding hydrogens is 512 g/mol. The fourth-order valence-corrected chi connectivity index (χ4v) is 4.44. The quantitative estimate of drug-likeness (QED) is 0.167. The van der Waals surface area contributed by atoms with Crippen LogP contribution in [0.1, 0.15) is 50.8 Å². The molecule has 1 fully saturated rings. The summed E-state index contributed by atoms with van der Waals surface area (Å²) in [5.74, 6) is 2.36. The van der Waals surface area contributed by atoms with E-state index in [0.717, 1.165) is 18.4 Å².